The summed E-state index contributed by atoms with van der Waals surface area (Å²) in [6.07, 6.45) is 4.49. The lowest BCUT2D eigenvalue weighted by molar-refractivity contribution is 0.600. The van der Waals surface area contributed by atoms with Crippen LogP contribution in [0.4, 0.5) is 5.69 Å². The number of nitrogens with zero attached hydrogens (tertiary/aromatic N) is 4. The van der Waals surface area contributed by atoms with E-state index in [1.165, 1.54) is 18.9 Å². The van der Waals surface area contributed by atoms with Gasteiger partial charge in [0.05, 0.1) is 16.8 Å². The minimum absolute atomic E-state index is 0.256. The average molecular weight is 329 g/mol. The van der Waals surface area contributed by atoms with E-state index < -0.39 is 10.0 Å². The molecule has 0 aliphatic rings. The Balaban J connectivity index is 1.86. The highest BCUT2D eigenvalue weighted by atomic mass is 32.2. The van der Waals surface area contributed by atoms with Crippen LogP contribution in [-0.4, -0.2) is 28.2 Å². The lowest BCUT2D eigenvalue weighted by Crippen LogP contribution is -2.14. The first kappa shape index (κ1) is 15.2. The van der Waals surface area contributed by atoms with Crippen molar-refractivity contribution in [3.8, 4) is 5.82 Å². The van der Waals surface area contributed by atoms with Gasteiger partial charge < -0.3 is 0 Å². The first-order valence-corrected chi connectivity index (χ1v) is 8.35. The lowest BCUT2D eigenvalue weighted by atomic mass is 10.2. The molecule has 2 aromatic heterocycles. The number of pyridine rings is 1. The largest absolute Gasteiger partial charge is 0.278 e. The molecule has 118 valence electrons. The van der Waals surface area contributed by atoms with Crippen molar-refractivity contribution in [1.29, 1.82) is 0 Å². The standard InChI is InChI=1S/C15H15N5O2S/c1-11-3-5-14(12(2)7-11)23(21,22)19-13-4-6-15(16-8-13)20-9-17-18-10-20/h3-10,19H,1-2H3. The molecule has 0 saturated carbocycles. The topological polar surface area (TPSA) is 89.8 Å². The molecule has 7 nitrogen and oxygen atoms in total. The molecule has 0 atom stereocenters. The van der Waals surface area contributed by atoms with Crippen LogP contribution in [-0.2, 0) is 10.0 Å². The first-order valence-electron chi connectivity index (χ1n) is 6.87. The molecular weight excluding hydrogens is 314 g/mol. The highest BCUT2D eigenvalue weighted by Crippen LogP contribution is 2.20. The first-order chi connectivity index (χ1) is 11.0. The van der Waals surface area contributed by atoms with E-state index in [2.05, 4.69) is 19.9 Å². The Hall–Kier alpha value is -2.74. The Morgan fingerprint density at radius 1 is 1.04 bits per heavy atom. The van der Waals surface area contributed by atoms with E-state index in [1.807, 2.05) is 13.0 Å². The summed E-state index contributed by atoms with van der Waals surface area (Å²) in [5.41, 5.74) is 2.11. The molecule has 3 rings (SSSR count). The molecule has 0 amide bonds. The number of benzene rings is 1. The summed E-state index contributed by atoms with van der Waals surface area (Å²) >= 11 is 0. The Morgan fingerprint density at radius 3 is 2.39 bits per heavy atom. The van der Waals surface area contributed by atoms with Gasteiger partial charge in [0.2, 0.25) is 0 Å². The zero-order valence-electron chi connectivity index (χ0n) is 12.6. The van der Waals surface area contributed by atoms with Gasteiger partial charge in [-0.3, -0.25) is 9.29 Å². The van der Waals surface area contributed by atoms with Crippen LogP contribution in [0.2, 0.25) is 0 Å². The van der Waals surface area contributed by atoms with Crippen LogP contribution in [0.3, 0.4) is 0 Å². The summed E-state index contributed by atoms with van der Waals surface area (Å²) in [7, 11) is -3.65. The number of hydrogen-bond donors (Lipinski definition) is 1. The van der Waals surface area contributed by atoms with Crippen molar-refractivity contribution in [2.24, 2.45) is 0 Å². The normalized spacial score (nSPS) is 11.4. The number of hydrogen-bond acceptors (Lipinski definition) is 5. The van der Waals surface area contributed by atoms with Gasteiger partial charge in [-0.25, -0.2) is 13.4 Å². The Labute approximate surface area is 134 Å². The highest BCUT2D eigenvalue weighted by molar-refractivity contribution is 7.92. The summed E-state index contributed by atoms with van der Waals surface area (Å²) in [5, 5.41) is 7.40. The predicted octanol–water partition coefficient (Wildman–Crippen LogP) is 2.08. The molecule has 2 heterocycles. The Kier molecular flexibility index (Phi) is 3.83. The zero-order chi connectivity index (χ0) is 16.4. The Morgan fingerprint density at radius 2 is 1.78 bits per heavy atom. The number of aromatic nitrogens is 4. The summed E-state index contributed by atoms with van der Waals surface area (Å²) < 4.78 is 29.1. The molecule has 1 N–H and O–H groups in total. The van der Waals surface area contributed by atoms with E-state index in [-0.39, 0.29) is 4.90 Å². The number of sulfonamides is 1. The molecule has 1 aromatic carbocycles. The van der Waals surface area contributed by atoms with E-state index in [9.17, 15) is 8.42 Å². The number of anilines is 1. The van der Waals surface area contributed by atoms with Gasteiger partial charge >= 0.3 is 0 Å². The van der Waals surface area contributed by atoms with Crippen molar-refractivity contribution in [3.63, 3.8) is 0 Å². The van der Waals surface area contributed by atoms with Crippen molar-refractivity contribution in [3.05, 3.63) is 60.3 Å². The van der Waals surface area contributed by atoms with Crippen LogP contribution in [0, 0.1) is 13.8 Å². The monoisotopic (exact) mass is 329 g/mol. The van der Waals surface area contributed by atoms with Gasteiger partial charge in [-0.2, -0.15) is 0 Å². The van der Waals surface area contributed by atoms with Gasteiger partial charge in [-0.1, -0.05) is 17.7 Å². The van der Waals surface area contributed by atoms with Crippen LogP contribution in [0.5, 0.6) is 0 Å². The maximum Gasteiger partial charge on any atom is 0.262 e. The molecule has 0 aliphatic carbocycles. The van der Waals surface area contributed by atoms with E-state index in [1.54, 1.807) is 35.8 Å². The molecule has 0 spiro atoms. The molecule has 0 bridgehead atoms. The average Bonchev–Trinajstić information content (AvgIpc) is 3.01. The molecule has 0 aliphatic heterocycles. The minimum Gasteiger partial charge on any atom is -0.278 e. The third kappa shape index (κ3) is 3.21. The molecule has 23 heavy (non-hydrogen) atoms. The molecule has 8 heteroatoms. The fourth-order valence-electron chi connectivity index (χ4n) is 2.23. The third-order valence-electron chi connectivity index (χ3n) is 3.30. The third-order valence-corrected chi connectivity index (χ3v) is 4.84. The quantitative estimate of drug-likeness (QED) is 0.791. The molecule has 0 radical (unpaired) electrons. The van der Waals surface area contributed by atoms with Crippen molar-refractivity contribution in [2.45, 2.75) is 18.7 Å². The van der Waals surface area contributed by atoms with Crippen LogP contribution in [0.15, 0.2) is 54.1 Å². The second-order valence-electron chi connectivity index (χ2n) is 5.15. The van der Waals surface area contributed by atoms with Crippen LogP contribution >= 0.6 is 0 Å². The lowest BCUT2D eigenvalue weighted by Gasteiger charge is -2.11. The fourth-order valence-corrected chi connectivity index (χ4v) is 3.50. The smallest absolute Gasteiger partial charge is 0.262 e. The van der Waals surface area contributed by atoms with E-state index in [0.29, 0.717) is 17.1 Å². The molecule has 3 aromatic rings. The minimum atomic E-state index is -3.65. The van der Waals surface area contributed by atoms with Crippen LogP contribution in [0.25, 0.3) is 5.82 Å². The summed E-state index contributed by atoms with van der Waals surface area (Å²) in [6.45, 7) is 3.69. The molecule has 0 fully saturated rings. The SMILES string of the molecule is Cc1ccc(S(=O)(=O)Nc2ccc(-n3cnnc3)nc2)c(C)c1. The van der Waals surface area contributed by atoms with E-state index in [0.717, 1.165) is 5.56 Å². The van der Waals surface area contributed by atoms with Gasteiger partial charge in [0.25, 0.3) is 10.0 Å². The maximum absolute atomic E-state index is 12.5. The molecular formula is C15H15N5O2S. The highest BCUT2D eigenvalue weighted by Gasteiger charge is 2.17. The second-order valence-corrected chi connectivity index (χ2v) is 6.80. The predicted molar refractivity (Wildman–Crippen MR) is 85.9 cm³/mol. The molecule has 0 unspecified atom stereocenters. The van der Waals surface area contributed by atoms with Gasteiger partial charge in [0.1, 0.15) is 18.5 Å². The van der Waals surface area contributed by atoms with Crippen molar-refractivity contribution in [2.75, 3.05) is 4.72 Å². The van der Waals surface area contributed by atoms with E-state index >= 15 is 0 Å². The van der Waals surface area contributed by atoms with Crippen LogP contribution < -0.4 is 4.72 Å². The molecule has 0 saturated heterocycles. The maximum atomic E-state index is 12.5. The van der Waals surface area contributed by atoms with Gasteiger partial charge in [-0.15, -0.1) is 10.2 Å². The van der Waals surface area contributed by atoms with Crippen molar-refractivity contribution in [1.82, 2.24) is 19.7 Å². The van der Waals surface area contributed by atoms with Gasteiger partial charge in [0.15, 0.2) is 0 Å². The van der Waals surface area contributed by atoms with Gasteiger partial charge in [0, 0.05) is 0 Å². The van der Waals surface area contributed by atoms with Crippen molar-refractivity contribution < 1.29 is 8.42 Å². The second kappa shape index (κ2) is 5.81. The summed E-state index contributed by atoms with van der Waals surface area (Å²) in [5.74, 6) is 0.601. The number of rotatable bonds is 4. The van der Waals surface area contributed by atoms with Crippen LogP contribution in [0.1, 0.15) is 11.1 Å². The fraction of sp³-hybridized carbons (Fsp3) is 0.133. The summed E-state index contributed by atoms with van der Waals surface area (Å²) in [4.78, 5) is 4.45. The number of aryl methyl sites for hydroxylation is 2. The summed E-state index contributed by atoms with van der Waals surface area (Å²) in [6, 6.07) is 8.54. The van der Waals surface area contributed by atoms with Crippen molar-refractivity contribution >= 4 is 15.7 Å². The Bertz CT molecular complexity index is 919. The van der Waals surface area contributed by atoms with Gasteiger partial charge in [-0.05, 0) is 37.6 Å². The zero-order valence-corrected chi connectivity index (χ0v) is 13.4. The number of nitrogens with one attached hydrogen (secondary N) is 1. The van der Waals surface area contributed by atoms with E-state index in [4.69, 9.17) is 0 Å².